The van der Waals surface area contributed by atoms with E-state index >= 15 is 0 Å². The molecule has 2 atom stereocenters. The first-order valence-electron chi connectivity index (χ1n) is 10.3. The summed E-state index contributed by atoms with van der Waals surface area (Å²) in [6.45, 7) is 7.57. The van der Waals surface area contributed by atoms with Gasteiger partial charge >= 0.3 is 0 Å². The lowest BCUT2D eigenvalue weighted by molar-refractivity contribution is -0.0848. The van der Waals surface area contributed by atoms with E-state index in [1.54, 1.807) is 21.3 Å². The number of methoxy groups -OCH3 is 3. The standard InChI is InChI=1S/C24H34O6/c1-7-17(2)20-8-10-21(11-9-20)30-18(3)29-13-12-28-16-19-14-22(25-4)24(27-6)23(15-19)26-5/h8-11,14-15,17-18H,7,12-13,16H2,1-6H3. The zero-order chi connectivity index (χ0) is 21.9. The lowest BCUT2D eigenvalue weighted by Crippen LogP contribution is -2.19. The van der Waals surface area contributed by atoms with Crippen molar-refractivity contribution in [2.24, 2.45) is 0 Å². The van der Waals surface area contributed by atoms with Crippen LogP contribution < -0.4 is 18.9 Å². The molecule has 6 heteroatoms. The highest BCUT2D eigenvalue weighted by Crippen LogP contribution is 2.38. The van der Waals surface area contributed by atoms with Gasteiger partial charge in [0.05, 0.1) is 41.2 Å². The van der Waals surface area contributed by atoms with Crippen molar-refractivity contribution in [1.29, 1.82) is 0 Å². The van der Waals surface area contributed by atoms with Crippen LogP contribution in [0.2, 0.25) is 0 Å². The van der Waals surface area contributed by atoms with Crippen LogP contribution in [0.4, 0.5) is 0 Å². The summed E-state index contributed by atoms with van der Waals surface area (Å²) in [5.74, 6) is 3.12. The first kappa shape index (κ1) is 23.8. The molecule has 0 aromatic heterocycles. The second-order valence-corrected chi connectivity index (χ2v) is 7.02. The molecule has 0 radical (unpaired) electrons. The smallest absolute Gasteiger partial charge is 0.203 e. The quantitative estimate of drug-likeness (QED) is 0.330. The molecular formula is C24H34O6. The molecule has 0 saturated carbocycles. The van der Waals surface area contributed by atoms with Gasteiger partial charge in [0.2, 0.25) is 5.75 Å². The number of hydrogen-bond acceptors (Lipinski definition) is 6. The minimum absolute atomic E-state index is 0.357. The van der Waals surface area contributed by atoms with E-state index in [2.05, 4.69) is 26.0 Å². The normalized spacial score (nSPS) is 12.9. The first-order valence-corrected chi connectivity index (χ1v) is 10.3. The summed E-state index contributed by atoms with van der Waals surface area (Å²) in [6, 6.07) is 11.9. The zero-order valence-corrected chi connectivity index (χ0v) is 18.9. The second-order valence-electron chi connectivity index (χ2n) is 7.02. The van der Waals surface area contributed by atoms with Gasteiger partial charge in [-0.05, 0) is 54.7 Å². The molecule has 2 aromatic carbocycles. The Morgan fingerprint density at radius 3 is 2.00 bits per heavy atom. The Morgan fingerprint density at radius 1 is 0.833 bits per heavy atom. The van der Waals surface area contributed by atoms with Crippen LogP contribution in [-0.2, 0) is 16.1 Å². The number of hydrogen-bond donors (Lipinski definition) is 0. The van der Waals surface area contributed by atoms with E-state index < -0.39 is 0 Å². The molecule has 0 amide bonds. The topological polar surface area (TPSA) is 55.4 Å². The summed E-state index contributed by atoms with van der Waals surface area (Å²) >= 11 is 0. The SMILES string of the molecule is CCC(C)c1ccc(OC(C)OCCOCc2cc(OC)c(OC)c(OC)c2)cc1. The summed E-state index contributed by atoms with van der Waals surface area (Å²) in [6.07, 6.45) is 0.764. The van der Waals surface area contributed by atoms with Crippen LogP contribution in [0.25, 0.3) is 0 Å². The summed E-state index contributed by atoms with van der Waals surface area (Å²) in [5, 5.41) is 0. The number of benzene rings is 2. The van der Waals surface area contributed by atoms with Crippen LogP contribution in [0.3, 0.4) is 0 Å². The minimum atomic E-state index is -0.357. The summed E-state index contributed by atoms with van der Waals surface area (Å²) in [4.78, 5) is 0. The second kappa shape index (κ2) is 12.3. The molecule has 0 aliphatic heterocycles. The number of ether oxygens (including phenoxy) is 6. The van der Waals surface area contributed by atoms with Gasteiger partial charge in [-0.1, -0.05) is 26.0 Å². The Labute approximate surface area is 180 Å². The maximum Gasteiger partial charge on any atom is 0.203 e. The van der Waals surface area contributed by atoms with Crippen molar-refractivity contribution < 1.29 is 28.4 Å². The van der Waals surface area contributed by atoms with Gasteiger partial charge in [-0.25, -0.2) is 0 Å². The molecule has 0 saturated heterocycles. The van der Waals surface area contributed by atoms with Crippen LogP contribution in [0.15, 0.2) is 36.4 Å². The molecule has 0 N–H and O–H groups in total. The van der Waals surface area contributed by atoms with Gasteiger partial charge < -0.3 is 28.4 Å². The lowest BCUT2D eigenvalue weighted by atomic mass is 9.99. The van der Waals surface area contributed by atoms with Crippen molar-refractivity contribution in [2.45, 2.75) is 46.0 Å². The Bertz CT molecular complexity index is 734. The maximum atomic E-state index is 5.81. The van der Waals surface area contributed by atoms with Gasteiger partial charge in [0.15, 0.2) is 17.8 Å². The molecule has 0 aliphatic rings. The lowest BCUT2D eigenvalue weighted by Gasteiger charge is -2.17. The van der Waals surface area contributed by atoms with Crippen molar-refractivity contribution in [3.8, 4) is 23.0 Å². The third-order valence-electron chi connectivity index (χ3n) is 4.94. The number of rotatable bonds is 13. The van der Waals surface area contributed by atoms with Crippen molar-refractivity contribution in [3.63, 3.8) is 0 Å². The molecule has 2 unspecified atom stereocenters. The zero-order valence-electron chi connectivity index (χ0n) is 18.9. The van der Waals surface area contributed by atoms with Gasteiger partial charge in [-0.2, -0.15) is 0 Å². The maximum absolute atomic E-state index is 5.81. The fraction of sp³-hybridized carbons (Fsp3) is 0.500. The minimum Gasteiger partial charge on any atom is -0.493 e. The van der Waals surface area contributed by atoms with Crippen LogP contribution in [0.5, 0.6) is 23.0 Å². The first-order chi connectivity index (χ1) is 14.5. The van der Waals surface area contributed by atoms with Gasteiger partial charge in [0, 0.05) is 0 Å². The molecule has 6 nitrogen and oxygen atoms in total. The Morgan fingerprint density at radius 2 is 1.47 bits per heavy atom. The molecule has 0 aliphatic carbocycles. The van der Waals surface area contributed by atoms with E-state index in [1.165, 1.54) is 5.56 Å². The summed E-state index contributed by atoms with van der Waals surface area (Å²) in [7, 11) is 4.77. The van der Waals surface area contributed by atoms with Gasteiger partial charge in [0.25, 0.3) is 0 Å². The van der Waals surface area contributed by atoms with E-state index in [0.29, 0.717) is 43.0 Å². The molecule has 166 valence electrons. The van der Waals surface area contributed by atoms with E-state index in [-0.39, 0.29) is 6.29 Å². The fourth-order valence-corrected chi connectivity index (χ4v) is 3.02. The highest BCUT2D eigenvalue weighted by atomic mass is 16.7. The van der Waals surface area contributed by atoms with Crippen LogP contribution in [0, 0.1) is 0 Å². The fourth-order valence-electron chi connectivity index (χ4n) is 3.02. The predicted octanol–water partition coefficient (Wildman–Crippen LogP) is 5.18. The third-order valence-corrected chi connectivity index (χ3v) is 4.94. The average molecular weight is 419 g/mol. The molecular weight excluding hydrogens is 384 g/mol. The molecule has 30 heavy (non-hydrogen) atoms. The highest BCUT2D eigenvalue weighted by molar-refractivity contribution is 5.53. The van der Waals surface area contributed by atoms with Crippen LogP contribution in [0.1, 0.15) is 44.2 Å². The van der Waals surface area contributed by atoms with Gasteiger partial charge in [-0.3, -0.25) is 0 Å². The largest absolute Gasteiger partial charge is 0.493 e. The highest BCUT2D eigenvalue weighted by Gasteiger charge is 2.13. The molecule has 0 bridgehead atoms. The third kappa shape index (κ3) is 6.82. The summed E-state index contributed by atoms with van der Waals surface area (Å²) < 4.78 is 33.3. The van der Waals surface area contributed by atoms with E-state index in [9.17, 15) is 0 Å². The average Bonchev–Trinajstić information content (AvgIpc) is 2.77. The van der Waals surface area contributed by atoms with Crippen molar-refractivity contribution in [2.75, 3.05) is 34.5 Å². The van der Waals surface area contributed by atoms with Crippen LogP contribution in [-0.4, -0.2) is 40.8 Å². The predicted molar refractivity (Wildman–Crippen MR) is 117 cm³/mol. The van der Waals surface area contributed by atoms with Crippen molar-refractivity contribution >= 4 is 0 Å². The Hall–Kier alpha value is -2.44. The van der Waals surface area contributed by atoms with Crippen molar-refractivity contribution in [3.05, 3.63) is 47.5 Å². The Balaban J connectivity index is 1.75. The van der Waals surface area contributed by atoms with E-state index in [4.69, 9.17) is 28.4 Å². The molecule has 0 spiro atoms. The molecule has 0 fully saturated rings. The van der Waals surface area contributed by atoms with Crippen molar-refractivity contribution in [1.82, 2.24) is 0 Å². The van der Waals surface area contributed by atoms with Gasteiger partial charge in [0.1, 0.15) is 5.75 Å². The monoisotopic (exact) mass is 418 g/mol. The van der Waals surface area contributed by atoms with Gasteiger partial charge in [-0.15, -0.1) is 0 Å². The Kier molecular flexibility index (Phi) is 9.77. The molecule has 2 aromatic rings. The van der Waals surface area contributed by atoms with E-state index in [1.807, 2.05) is 31.2 Å². The van der Waals surface area contributed by atoms with Crippen LogP contribution >= 0.6 is 0 Å². The van der Waals surface area contributed by atoms with E-state index in [0.717, 1.165) is 17.7 Å². The molecule has 0 heterocycles. The summed E-state index contributed by atoms with van der Waals surface area (Å²) in [5.41, 5.74) is 2.24. The molecule has 2 rings (SSSR count).